The van der Waals surface area contributed by atoms with E-state index in [1.54, 1.807) is 0 Å². The molecule has 0 bridgehead atoms. The lowest BCUT2D eigenvalue weighted by Gasteiger charge is -2.00. The largest absolute Gasteiger partial charge is 0.312 e. The minimum absolute atomic E-state index is 0.598. The molecule has 0 aliphatic heterocycles. The summed E-state index contributed by atoms with van der Waals surface area (Å²) in [5.74, 6) is 0. The highest BCUT2D eigenvalue weighted by atomic mass is 79.9. The van der Waals surface area contributed by atoms with E-state index in [1.165, 1.54) is 12.8 Å². The summed E-state index contributed by atoms with van der Waals surface area (Å²) in [5, 5.41) is 0.610. The maximum absolute atomic E-state index is 5.93. The fourth-order valence-corrected chi connectivity index (χ4v) is 1.96. The van der Waals surface area contributed by atoms with Gasteiger partial charge in [-0.1, -0.05) is 11.6 Å². The van der Waals surface area contributed by atoms with Crippen molar-refractivity contribution >= 4 is 38.7 Å². The van der Waals surface area contributed by atoms with E-state index < -0.39 is 0 Å². The Balaban J connectivity index is 2.29. The molecule has 5 heteroatoms. The van der Waals surface area contributed by atoms with Gasteiger partial charge in [0.05, 0.1) is 11.3 Å². The molecule has 1 fully saturated rings. The summed E-state index contributed by atoms with van der Waals surface area (Å²) in [6.07, 6.45) is 4.30. The Labute approximate surface area is 94.2 Å². The zero-order valence-corrected chi connectivity index (χ0v) is 9.59. The minimum Gasteiger partial charge on any atom is -0.312 e. The Morgan fingerprint density at radius 1 is 1.50 bits per heavy atom. The Kier molecular flexibility index (Phi) is 1.82. The van der Waals surface area contributed by atoms with Crippen molar-refractivity contribution in [3.8, 4) is 0 Å². The first-order valence-electron chi connectivity index (χ1n) is 4.44. The molecule has 72 valence electrons. The van der Waals surface area contributed by atoms with E-state index in [9.17, 15) is 0 Å². The standard InChI is InChI=1S/C9H7BrClN3/c10-8-6(11)3-7-9(13-8)14(4-12-7)5-1-2-5/h3-5H,1-2H2. The first kappa shape index (κ1) is 8.68. The number of halogens is 2. The van der Waals surface area contributed by atoms with Gasteiger partial charge >= 0.3 is 0 Å². The number of hydrogen-bond acceptors (Lipinski definition) is 2. The number of hydrogen-bond donors (Lipinski definition) is 0. The summed E-state index contributed by atoms with van der Waals surface area (Å²) < 4.78 is 2.81. The van der Waals surface area contributed by atoms with Crippen LogP contribution in [0.15, 0.2) is 17.0 Å². The van der Waals surface area contributed by atoms with Crippen LogP contribution >= 0.6 is 27.5 Å². The van der Waals surface area contributed by atoms with Crippen LogP contribution in [-0.2, 0) is 0 Å². The average molecular weight is 273 g/mol. The third-order valence-electron chi connectivity index (χ3n) is 2.40. The highest BCUT2D eigenvalue weighted by Gasteiger charge is 2.25. The third kappa shape index (κ3) is 1.25. The van der Waals surface area contributed by atoms with Gasteiger partial charge in [0.2, 0.25) is 0 Å². The molecule has 14 heavy (non-hydrogen) atoms. The van der Waals surface area contributed by atoms with E-state index in [4.69, 9.17) is 11.6 Å². The number of fused-ring (bicyclic) bond motifs is 1. The lowest BCUT2D eigenvalue weighted by Crippen LogP contribution is -1.93. The van der Waals surface area contributed by atoms with Crippen LogP contribution in [-0.4, -0.2) is 14.5 Å². The molecule has 0 atom stereocenters. The molecule has 2 aromatic heterocycles. The highest BCUT2D eigenvalue weighted by Crippen LogP contribution is 2.37. The summed E-state index contributed by atoms with van der Waals surface area (Å²) in [7, 11) is 0. The van der Waals surface area contributed by atoms with Gasteiger partial charge in [0.15, 0.2) is 5.65 Å². The number of imidazole rings is 1. The second kappa shape index (κ2) is 2.94. The number of nitrogens with zero attached hydrogens (tertiary/aromatic N) is 3. The smallest absolute Gasteiger partial charge is 0.161 e. The van der Waals surface area contributed by atoms with Crippen LogP contribution in [0.1, 0.15) is 18.9 Å². The molecule has 1 saturated carbocycles. The fourth-order valence-electron chi connectivity index (χ4n) is 1.53. The molecule has 2 aromatic rings. The molecule has 0 N–H and O–H groups in total. The van der Waals surface area contributed by atoms with Gasteiger partial charge in [0.25, 0.3) is 0 Å². The van der Waals surface area contributed by atoms with Crippen molar-refractivity contribution in [2.24, 2.45) is 0 Å². The minimum atomic E-state index is 0.598. The number of rotatable bonds is 1. The first-order chi connectivity index (χ1) is 6.75. The summed E-state index contributed by atoms with van der Waals surface area (Å²) in [4.78, 5) is 8.66. The van der Waals surface area contributed by atoms with Crippen LogP contribution in [0.2, 0.25) is 5.02 Å². The van der Waals surface area contributed by atoms with Crippen molar-refractivity contribution in [3.05, 3.63) is 22.0 Å². The maximum Gasteiger partial charge on any atom is 0.161 e. The van der Waals surface area contributed by atoms with Crippen molar-refractivity contribution in [2.45, 2.75) is 18.9 Å². The molecule has 0 radical (unpaired) electrons. The van der Waals surface area contributed by atoms with Crippen LogP contribution in [0.3, 0.4) is 0 Å². The Morgan fingerprint density at radius 3 is 3.00 bits per heavy atom. The predicted molar refractivity (Wildman–Crippen MR) is 58.5 cm³/mol. The average Bonchev–Trinajstić information content (AvgIpc) is 2.91. The zero-order valence-electron chi connectivity index (χ0n) is 7.24. The van der Waals surface area contributed by atoms with Crippen LogP contribution in [0.4, 0.5) is 0 Å². The van der Waals surface area contributed by atoms with E-state index in [0.29, 0.717) is 15.7 Å². The Morgan fingerprint density at radius 2 is 2.29 bits per heavy atom. The van der Waals surface area contributed by atoms with E-state index in [-0.39, 0.29) is 0 Å². The second-order valence-corrected chi connectivity index (χ2v) is 4.65. The van der Waals surface area contributed by atoms with Gasteiger partial charge in [-0.25, -0.2) is 9.97 Å². The van der Waals surface area contributed by atoms with Crippen molar-refractivity contribution in [1.29, 1.82) is 0 Å². The monoisotopic (exact) mass is 271 g/mol. The quantitative estimate of drug-likeness (QED) is 0.747. The first-order valence-corrected chi connectivity index (χ1v) is 5.61. The molecule has 3 rings (SSSR count). The summed E-state index contributed by atoms with van der Waals surface area (Å²) in [5.41, 5.74) is 1.79. The summed E-state index contributed by atoms with van der Waals surface area (Å²) >= 11 is 9.25. The molecule has 0 saturated heterocycles. The topological polar surface area (TPSA) is 30.7 Å². The second-order valence-electron chi connectivity index (χ2n) is 3.49. The number of aromatic nitrogens is 3. The third-order valence-corrected chi connectivity index (χ3v) is 3.52. The Hall–Kier alpha value is -0.610. The summed E-state index contributed by atoms with van der Waals surface area (Å²) in [6.45, 7) is 0. The zero-order chi connectivity index (χ0) is 9.71. The molecule has 0 unspecified atom stereocenters. The Bertz CT molecular complexity index is 504. The van der Waals surface area contributed by atoms with Crippen molar-refractivity contribution in [2.75, 3.05) is 0 Å². The summed E-state index contributed by atoms with van der Waals surface area (Å²) in [6, 6.07) is 2.44. The number of pyridine rings is 1. The van der Waals surface area contributed by atoms with E-state index in [1.807, 2.05) is 12.4 Å². The van der Waals surface area contributed by atoms with Crippen molar-refractivity contribution < 1.29 is 0 Å². The molecule has 0 spiro atoms. The van der Waals surface area contributed by atoms with Crippen molar-refractivity contribution in [1.82, 2.24) is 14.5 Å². The van der Waals surface area contributed by atoms with Crippen LogP contribution in [0.25, 0.3) is 11.2 Å². The van der Waals surface area contributed by atoms with Crippen LogP contribution in [0.5, 0.6) is 0 Å². The van der Waals surface area contributed by atoms with Crippen LogP contribution < -0.4 is 0 Å². The molecular formula is C9H7BrClN3. The molecule has 3 nitrogen and oxygen atoms in total. The van der Waals surface area contributed by atoms with Gasteiger partial charge < -0.3 is 4.57 Å². The molecular weight excluding hydrogens is 265 g/mol. The van der Waals surface area contributed by atoms with Crippen LogP contribution in [0, 0.1) is 0 Å². The lowest BCUT2D eigenvalue weighted by molar-refractivity contribution is 0.756. The van der Waals surface area contributed by atoms with E-state index in [2.05, 4.69) is 30.5 Å². The van der Waals surface area contributed by atoms with E-state index in [0.717, 1.165) is 11.2 Å². The molecule has 0 aromatic carbocycles. The molecule has 1 aliphatic rings. The molecule has 1 aliphatic carbocycles. The molecule has 0 amide bonds. The van der Waals surface area contributed by atoms with E-state index >= 15 is 0 Å². The SMILES string of the molecule is Clc1cc2ncn(C3CC3)c2nc1Br. The maximum atomic E-state index is 5.93. The normalized spacial score (nSPS) is 16.4. The van der Waals surface area contributed by atoms with Gasteiger partial charge in [-0.3, -0.25) is 0 Å². The van der Waals surface area contributed by atoms with Gasteiger partial charge in [-0.2, -0.15) is 0 Å². The van der Waals surface area contributed by atoms with Gasteiger partial charge in [-0.05, 0) is 34.8 Å². The lowest BCUT2D eigenvalue weighted by atomic mass is 10.4. The predicted octanol–water partition coefficient (Wildman–Crippen LogP) is 3.18. The van der Waals surface area contributed by atoms with Gasteiger partial charge in [-0.15, -0.1) is 0 Å². The highest BCUT2D eigenvalue weighted by molar-refractivity contribution is 9.10. The fraction of sp³-hybridized carbons (Fsp3) is 0.333. The van der Waals surface area contributed by atoms with Gasteiger partial charge in [0, 0.05) is 6.04 Å². The molecule has 2 heterocycles. The van der Waals surface area contributed by atoms with Gasteiger partial charge in [0.1, 0.15) is 10.1 Å². The van der Waals surface area contributed by atoms with Crippen molar-refractivity contribution in [3.63, 3.8) is 0 Å².